The number of carbonyl (C=O) groups excluding carboxylic acids is 1. The number of pyridine rings is 2. The van der Waals surface area contributed by atoms with Gasteiger partial charge in [0.25, 0.3) is 5.91 Å². The first-order valence-corrected chi connectivity index (χ1v) is 8.58. The molecule has 0 spiro atoms. The van der Waals surface area contributed by atoms with E-state index < -0.39 is 6.10 Å². The zero-order valence-corrected chi connectivity index (χ0v) is 13.8. The largest absolute Gasteiger partial charge is 0.383 e. The van der Waals surface area contributed by atoms with Gasteiger partial charge in [0.1, 0.15) is 11.8 Å². The molecular formula is C19H20N4O2. The number of fused-ring (bicyclic) bond motifs is 1. The van der Waals surface area contributed by atoms with Crippen LogP contribution in [0.2, 0.25) is 0 Å². The van der Waals surface area contributed by atoms with E-state index in [0.717, 1.165) is 47.8 Å². The van der Waals surface area contributed by atoms with Crippen LogP contribution in [0.4, 0.5) is 5.69 Å². The zero-order chi connectivity index (χ0) is 17.2. The molecule has 3 aromatic heterocycles. The maximum Gasteiger partial charge on any atom is 0.253 e. The number of aromatic amines is 1. The van der Waals surface area contributed by atoms with E-state index in [-0.39, 0.29) is 11.8 Å². The third-order valence-corrected chi connectivity index (χ3v) is 4.85. The standard InChI is InChI=1S/C19H20N4O2/c24-17(12-3-1-2-4-12)19(25)23-16-8-15(9-20-11-16)14-7-13-5-6-21-18(13)22-10-14/h5-12,17,24H,1-4H2,(H,21,22)(H,23,25). The highest BCUT2D eigenvalue weighted by atomic mass is 16.3. The molecule has 6 heteroatoms. The molecule has 25 heavy (non-hydrogen) atoms. The highest BCUT2D eigenvalue weighted by Crippen LogP contribution is 2.29. The molecule has 0 bridgehead atoms. The second kappa shape index (κ2) is 6.64. The van der Waals surface area contributed by atoms with Gasteiger partial charge in [-0.05, 0) is 37.0 Å². The van der Waals surface area contributed by atoms with E-state index in [0.29, 0.717) is 5.69 Å². The van der Waals surface area contributed by atoms with E-state index in [1.807, 2.05) is 24.4 Å². The summed E-state index contributed by atoms with van der Waals surface area (Å²) in [7, 11) is 0. The number of nitrogens with one attached hydrogen (secondary N) is 2. The lowest BCUT2D eigenvalue weighted by Gasteiger charge is -2.17. The summed E-state index contributed by atoms with van der Waals surface area (Å²) < 4.78 is 0. The normalized spacial score (nSPS) is 16.2. The van der Waals surface area contributed by atoms with Crippen molar-refractivity contribution in [2.45, 2.75) is 31.8 Å². The van der Waals surface area contributed by atoms with Crippen molar-refractivity contribution in [1.82, 2.24) is 15.0 Å². The highest BCUT2D eigenvalue weighted by Gasteiger charge is 2.28. The summed E-state index contributed by atoms with van der Waals surface area (Å²) in [4.78, 5) is 23.9. The van der Waals surface area contributed by atoms with Crippen LogP contribution in [0.15, 0.2) is 43.0 Å². The van der Waals surface area contributed by atoms with Gasteiger partial charge in [-0.15, -0.1) is 0 Å². The van der Waals surface area contributed by atoms with Gasteiger partial charge in [-0.25, -0.2) is 4.98 Å². The Morgan fingerprint density at radius 2 is 2.00 bits per heavy atom. The van der Waals surface area contributed by atoms with Crippen LogP contribution in [0, 0.1) is 5.92 Å². The summed E-state index contributed by atoms with van der Waals surface area (Å²) in [6.45, 7) is 0. The average molecular weight is 336 g/mol. The minimum Gasteiger partial charge on any atom is -0.383 e. The lowest BCUT2D eigenvalue weighted by atomic mass is 10.0. The van der Waals surface area contributed by atoms with Crippen molar-refractivity contribution >= 4 is 22.6 Å². The van der Waals surface area contributed by atoms with Gasteiger partial charge in [0.15, 0.2) is 0 Å². The van der Waals surface area contributed by atoms with Crippen molar-refractivity contribution in [3.8, 4) is 11.1 Å². The molecule has 1 aliphatic rings. The molecule has 1 aliphatic carbocycles. The molecule has 1 saturated carbocycles. The number of aliphatic hydroxyl groups excluding tert-OH is 1. The van der Waals surface area contributed by atoms with Gasteiger partial charge in [0, 0.05) is 35.1 Å². The molecule has 4 rings (SSSR count). The van der Waals surface area contributed by atoms with E-state index in [9.17, 15) is 9.90 Å². The van der Waals surface area contributed by atoms with E-state index in [4.69, 9.17) is 0 Å². The third-order valence-electron chi connectivity index (χ3n) is 4.85. The van der Waals surface area contributed by atoms with Crippen LogP contribution < -0.4 is 5.32 Å². The van der Waals surface area contributed by atoms with Crippen LogP contribution in [-0.4, -0.2) is 32.1 Å². The van der Waals surface area contributed by atoms with Crippen molar-refractivity contribution in [3.63, 3.8) is 0 Å². The minimum atomic E-state index is -0.955. The van der Waals surface area contributed by atoms with Gasteiger partial charge in [-0.1, -0.05) is 12.8 Å². The van der Waals surface area contributed by atoms with Crippen molar-refractivity contribution in [2.75, 3.05) is 5.32 Å². The lowest BCUT2D eigenvalue weighted by molar-refractivity contribution is -0.126. The second-order valence-corrected chi connectivity index (χ2v) is 6.58. The van der Waals surface area contributed by atoms with Crippen LogP contribution >= 0.6 is 0 Å². The molecule has 0 saturated heterocycles. The molecular weight excluding hydrogens is 316 g/mol. The Kier molecular flexibility index (Phi) is 4.19. The van der Waals surface area contributed by atoms with E-state index in [1.165, 1.54) is 0 Å². The Hall–Kier alpha value is -2.73. The predicted molar refractivity (Wildman–Crippen MR) is 95.9 cm³/mol. The zero-order valence-electron chi connectivity index (χ0n) is 13.8. The van der Waals surface area contributed by atoms with Crippen LogP contribution in [0.25, 0.3) is 22.2 Å². The Bertz CT molecular complexity index is 899. The van der Waals surface area contributed by atoms with Crippen LogP contribution in [0.1, 0.15) is 25.7 Å². The number of carbonyl (C=O) groups is 1. The summed E-state index contributed by atoms with van der Waals surface area (Å²) >= 11 is 0. The minimum absolute atomic E-state index is 0.0661. The van der Waals surface area contributed by atoms with E-state index in [2.05, 4.69) is 20.3 Å². The fourth-order valence-corrected chi connectivity index (χ4v) is 3.47. The summed E-state index contributed by atoms with van der Waals surface area (Å²) in [6.07, 6.45) is 9.98. The SMILES string of the molecule is O=C(Nc1cncc(-c2cnc3[nH]ccc3c2)c1)C(O)C1CCCC1. The smallest absolute Gasteiger partial charge is 0.253 e. The molecule has 3 N–H and O–H groups in total. The van der Waals surface area contributed by atoms with Crippen LogP contribution in [0.3, 0.4) is 0 Å². The molecule has 1 unspecified atom stereocenters. The van der Waals surface area contributed by atoms with Crippen molar-refractivity contribution < 1.29 is 9.90 Å². The van der Waals surface area contributed by atoms with Crippen LogP contribution in [0.5, 0.6) is 0 Å². The molecule has 0 aliphatic heterocycles. The van der Waals surface area contributed by atoms with Gasteiger partial charge in [-0.3, -0.25) is 9.78 Å². The predicted octanol–water partition coefficient (Wildman–Crippen LogP) is 3.11. The highest BCUT2D eigenvalue weighted by molar-refractivity contribution is 5.94. The monoisotopic (exact) mass is 336 g/mol. The first-order chi connectivity index (χ1) is 12.2. The Morgan fingerprint density at radius 3 is 2.84 bits per heavy atom. The molecule has 1 amide bonds. The molecule has 1 atom stereocenters. The number of hydrogen-bond donors (Lipinski definition) is 3. The summed E-state index contributed by atoms with van der Waals surface area (Å²) in [5.41, 5.74) is 3.20. The second-order valence-electron chi connectivity index (χ2n) is 6.58. The van der Waals surface area contributed by atoms with Crippen molar-refractivity contribution in [2.24, 2.45) is 5.92 Å². The Morgan fingerprint density at radius 1 is 1.20 bits per heavy atom. The number of aliphatic hydroxyl groups is 1. The van der Waals surface area contributed by atoms with Gasteiger partial charge in [0.2, 0.25) is 0 Å². The molecule has 3 aromatic rings. The van der Waals surface area contributed by atoms with Crippen molar-refractivity contribution in [3.05, 3.63) is 43.0 Å². The molecule has 1 fully saturated rings. The summed E-state index contributed by atoms with van der Waals surface area (Å²) in [5, 5.41) is 14.0. The lowest BCUT2D eigenvalue weighted by Crippen LogP contribution is -2.33. The van der Waals surface area contributed by atoms with Gasteiger partial charge in [0.05, 0.1) is 11.9 Å². The van der Waals surface area contributed by atoms with Gasteiger partial charge >= 0.3 is 0 Å². The molecule has 0 radical (unpaired) electrons. The number of amides is 1. The fraction of sp³-hybridized carbons (Fsp3) is 0.316. The number of rotatable bonds is 4. The first kappa shape index (κ1) is 15.8. The maximum absolute atomic E-state index is 12.3. The quantitative estimate of drug-likeness (QED) is 0.683. The van der Waals surface area contributed by atoms with E-state index in [1.54, 1.807) is 18.6 Å². The number of hydrogen-bond acceptors (Lipinski definition) is 4. The number of aromatic nitrogens is 3. The molecule has 128 valence electrons. The van der Waals surface area contributed by atoms with E-state index >= 15 is 0 Å². The number of nitrogens with zero attached hydrogens (tertiary/aromatic N) is 2. The maximum atomic E-state index is 12.3. The Balaban J connectivity index is 1.53. The van der Waals surface area contributed by atoms with Crippen molar-refractivity contribution in [1.29, 1.82) is 0 Å². The number of H-pyrrole nitrogens is 1. The molecule has 6 nitrogen and oxygen atoms in total. The van der Waals surface area contributed by atoms with Crippen LogP contribution in [-0.2, 0) is 4.79 Å². The topological polar surface area (TPSA) is 90.9 Å². The van der Waals surface area contributed by atoms with Gasteiger partial charge in [-0.2, -0.15) is 0 Å². The fourth-order valence-electron chi connectivity index (χ4n) is 3.47. The number of anilines is 1. The third kappa shape index (κ3) is 3.25. The van der Waals surface area contributed by atoms with Gasteiger partial charge < -0.3 is 15.4 Å². The summed E-state index contributed by atoms with van der Waals surface area (Å²) in [6, 6.07) is 5.83. The summed E-state index contributed by atoms with van der Waals surface area (Å²) in [5.74, 6) is -0.290. The average Bonchev–Trinajstić information content (AvgIpc) is 3.32. The first-order valence-electron chi connectivity index (χ1n) is 8.58. The molecule has 0 aromatic carbocycles. The molecule has 3 heterocycles. The Labute approximate surface area is 145 Å².